The lowest BCUT2D eigenvalue weighted by molar-refractivity contribution is 0.381. The van der Waals surface area contributed by atoms with Crippen molar-refractivity contribution in [1.82, 2.24) is 9.78 Å². The van der Waals surface area contributed by atoms with E-state index < -0.39 is 0 Å². The first-order valence-corrected chi connectivity index (χ1v) is 5.24. The standard InChI is InChI=1S/C12H15FN2O/c1-7(2)9-5-8-6-15(3)14-11(8)10(13)12(9)16-4/h5-7H,1-4H3. The molecule has 0 saturated heterocycles. The smallest absolute Gasteiger partial charge is 0.193 e. The first-order valence-electron chi connectivity index (χ1n) is 5.24. The molecule has 2 aromatic rings. The van der Waals surface area contributed by atoms with Crippen LogP contribution in [-0.4, -0.2) is 16.9 Å². The van der Waals surface area contributed by atoms with Gasteiger partial charge in [-0.1, -0.05) is 13.8 Å². The van der Waals surface area contributed by atoms with E-state index >= 15 is 0 Å². The van der Waals surface area contributed by atoms with Crippen LogP contribution in [0.3, 0.4) is 0 Å². The highest BCUT2D eigenvalue weighted by molar-refractivity contribution is 5.82. The highest BCUT2D eigenvalue weighted by Gasteiger charge is 2.18. The second kappa shape index (κ2) is 3.77. The lowest BCUT2D eigenvalue weighted by atomic mass is 10.00. The maximum Gasteiger partial charge on any atom is 0.193 e. The summed E-state index contributed by atoms with van der Waals surface area (Å²) in [5.74, 6) is 0.152. The summed E-state index contributed by atoms with van der Waals surface area (Å²) < 4.78 is 20.8. The van der Waals surface area contributed by atoms with Gasteiger partial charge < -0.3 is 4.74 Å². The highest BCUT2D eigenvalue weighted by Crippen LogP contribution is 2.34. The lowest BCUT2D eigenvalue weighted by Crippen LogP contribution is -1.98. The number of hydrogen-bond acceptors (Lipinski definition) is 2. The molecule has 0 radical (unpaired) electrons. The molecule has 0 unspecified atom stereocenters. The normalized spacial score (nSPS) is 11.4. The number of rotatable bonds is 2. The van der Waals surface area contributed by atoms with Crippen molar-refractivity contribution in [2.24, 2.45) is 7.05 Å². The van der Waals surface area contributed by atoms with E-state index in [9.17, 15) is 4.39 Å². The zero-order valence-corrected chi connectivity index (χ0v) is 9.91. The van der Waals surface area contributed by atoms with E-state index in [0.717, 1.165) is 10.9 Å². The Kier molecular flexibility index (Phi) is 2.58. The second-order valence-electron chi connectivity index (χ2n) is 4.21. The third kappa shape index (κ3) is 1.54. The van der Waals surface area contributed by atoms with Gasteiger partial charge >= 0.3 is 0 Å². The number of aromatic nitrogens is 2. The Morgan fingerprint density at radius 2 is 2.12 bits per heavy atom. The molecule has 1 heterocycles. The summed E-state index contributed by atoms with van der Waals surface area (Å²) in [5, 5.41) is 4.89. The van der Waals surface area contributed by atoms with Crippen LogP contribution in [-0.2, 0) is 7.05 Å². The number of nitrogens with zero attached hydrogens (tertiary/aromatic N) is 2. The minimum atomic E-state index is -0.371. The van der Waals surface area contributed by atoms with Crippen LogP contribution >= 0.6 is 0 Å². The van der Waals surface area contributed by atoms with E-state index in [1.165, 1.54) is 7.11 Å². The predicted molar refractivity (Wildman–Crippen MR) is 61.3 cm³/mol. The molecule has 0 aliphatic heterocycles. The van der Waals surface area contributed by atoms with Crippen molar-refractivity contribution in [1.29, 1.82) is 0 Å². The van der Waals surface area contributed by atoms with E-state index in [2.05, 4.69) is 5.10 Å². The third-order valence-electron chi connectivity index (χ3n) is 2.66. The van der Waals surface area contributed by atoms with Crippen LogP contribution in [0.25, 0.3) is 10.9 Å². The Labute approximate surface area is 93.8 Å². The summed E-state index contributed by atoms with van der Waals surface area (Å²) in [7, 11) is 3.26. The molecule has 0 bridgehead atoms. The Morgan fingerprint density at radius 1 is 1.44 bits per heavy atom. The quantitative estimate of drug-likeness (QED) is 0.781. The summed E-state index contributed by atoms with van der Waals surface area (Å²) in [4.78, 5) is 0. The van der Waals surface area contributed by atoms with Crippen molar-refractivity contribution >= 4 is 10.9 Å². The number of hydrogen-bond donors (Lipinski definition) is 0. The van der Waals surface area contributed by atoms with Crippen molar-refractivity contribution in [3.63, 3.8) is 0 Å². The molecular formula is C12H15FN2O. The van der Waals surface area contributed by atoms with Crippen molar-refractivity contribution in [3.05, 3.63) is 23.6 Å². The highest BCUT2D eigenvalue weighted by atomic mass is 19.1. The summed E-state index contributed by atoms with van der Waals surface area (Å²) in [5.41, 5.74) is 1.24. The maximum atomic E-state index is 14.1. The summed E-state index contributed by atoms with van der Waals surface area (Å²) in [6, 6.07) is 1.94. The Morgan fingerprint density at radius 3 is 2.69 bits per heavy atom. The fourth-order valence-electron chi connectivity index (χ4n) is 1.89. The van der Waals surface area contributed by atoms with Gasteiger partial charge in [0.2, 0.25) is 0 Å². The van der Waals surface area contributed by atoms with E-state index in [-0.39, 0.29) is 11.7 Å². The van der Waals surface area contributed by atoms with Gasteiger partial charge in [-0.3, -0.25) is 4.68 Å². The largest absolute Gasteiger partial charge is 0.493 e. The molecule has 1 aromatic heterocycles. The molecule has 0 N–H and O–H groups in total. The van der Waals surface area contributed by atoms with Crippen molar-refractivity contribution < 1.29 is 9.13 Å². The van der Waals surface area contributed by atoms with E-state index in [1.807, 2.05) is 26.1 Å². The van der Waals surface area contributed by atoms with Crippen LogP contribution in [0.5, 0.6) is 5.75 Å². The number of benzene rings is 1. The molecule has 0 spiro atoms. The molecule has 0 saturated carbocycles. The second-order valence-corrected chi connectivity index (χ2v) is 4.21. The van der Waals surface area contributed by atoms with Crippen LogP contribution in [0, 0.1) is 5.82 Å². The first-order chi connectivity index (χ1) is 7.54. The van der Waals surface area contributed by atoms with Gasteiger partial charge in [0.25, 0.3) is 0 Å². The number of methoxy groups -OCH3 is 1. The SMILES string of the molecule is COc1c(C(C)C)cc2cn(C)nc2c1F. The minimum absolute atomic E-state index is 0.217. The molecule has 0 aliphatic rings. The average molecular weight is 222 g/mol. The van der Waals surface area contributed by atoms with Gasteiger partial charge in [-0.15, -0.1) is 0 Å². The zero-order chi connectivity index (χ0) is 11.9. The summed E-state index contributed by atoms with van der Waals surface area (Å²) >= 11 is 0. The molecule has 4 heteroatoms. The van der Waals surface area contributed by atoms with Crippen LogP contribution in [0.4, 0.5) is 4.39 Å². The van der Waals surface area contributed by atoms with E-state index in [4.69, 9.17) is 4.74 Å². The van der Waals surface area contributed by atoms with Gasteiger partial charge in [0.1, 0.15) is 5.52 Å². The van der Waals surface area contributed by atoms with Crippen LogP contribution in [0.1, 0.15) is 25.3 Å². The molecule has 0 amide bonds. The van der Waals surface area contributed by atoms with Crippen LogP contribution in [0.2, 0.25) is 0 Å². The topological polar surface area (TPSA) is 27.1 Å². The van der Waals surface area contributed by atoms with Crippen molar-refractivity contribution in [3.8, 4) is 5.75 Å². The molecule has 2 rings (SSSR count). The summed E-state index contributed by atoms with van der Waals surface area (Å²) in [6.45, 7) is 4.03. The van der Waals surface area contributed by atoms with Crippen molar-refractivity contribution in [2.75, 3.05) is 7.11 Å². The zero-order valence-electron chi connectivity index (χ0n) is 9.91. The third-order valence-corrected chi connectivity index (χ3v) is 2.66. The summed E-state index contributed by atoms with van der Waals surface area (Å²) in [6.07, 6.45) is 1.81. The number of aryl methyl sites for hydroxylation is 1. The van der Waals surface area contributed by atoms with E-state index in [0.29, 0.717) is 11.3 Å². The first kappa shape index (κ1) is 10.9. The van der Waals surface area contributed by atoms with Gasteiger partial charge in [-0.05, 0) is 12.0 Å². The number of fused-ring (bicyclic) bond motifs is 1. The molecule has 16 heavy (non-hydrogen) atoms. The fourth-order valence-corrected chi connectivity index (χ4v) is 1.89. The predicted octanol–water partition coefficient (Wildman–Crippen LogP) is 2.84. The molecule has 1 aromatic carbocycles. The minimum Gasteiger partial charge on any atom is -0.493 e. The van der Waals surface area contributed by atoms with Crippen LogP contribution < -0.4 is 4.74 Å². The Balaban J connectivity index is 2.80. The Bertz CT molecular complexity index is 531. The average Bonchev–Trinajstić information content (AvgIpc) is 2.58. The maximum absolute atomic E-state index is 14.1. The van der Waals surface area contributed by atoms with Gasteiger partial charge in [0.15, 0.2) is 11.6 Å². The molecule has 0 fully saturated rings. The molecule has 0 atom stereocenters. The van der Waals surface area contributed by atoms with Crippen molar-refractivity contribution in [2.45, 2.75) is 19.8 Å². The molecular weight excluding hydrogens is 207 g/mol. The fraction of sp³-hybridized carbons (Fsp3) is 0.417. The molecule has 86 valence electrons. The monoisotopic (exact) mass is 222 g/mol. The molecule has 3 nitrogen and oxygen atoms in total. The van der Waals surface area contributed by atoms with Crippen LogP contribution in [0.15, 0.2) is 12.3 Å². The molecule has 0 aliphatic carbocycles. The Hall–Kier alpha value is -1.58. The lowest BCUT2D eigenvalue weighted by Gasteiger charge is -2.12. The van der Waals surface area contributed by atoms with Gasteiger partial charge in [-0.25, -0.2) is 4.39 Å². The van der Waals surface area contributed by atoms with E-state index in [1.54, 1.807) is 11.7 Å². The number of halogens is 1. The number of ether oxygens (including phenoxy) is 1. The van der Waals surface area contributed by atoms with Gasteiger partial charge in [-0.2, -0.15) is 5.10 Å². The van der Waals surface area contributed by atoms with Gasteiger partial charge in [0, 0.05) is 24.2 Å². The van der Waals surface area contributed by atoms with Gasteiger partial charge in [0.05, 0.1) is 7.11 Å².